The molecule has 1 aromatic rings. The van der Waals surface area contributed by atoms with Gasteiger partial charge in [0.25, 0.3) is 0 Å². The number of rotatable bonds is 3. The van der Waals surface area contributed by atoms with E-state index in [1.807, 2.05) is 13.8 Å². The molecule has 0 fully saturated rings. The Morgan fingerprint density at radius 2 is 2.15 bits per heavy atom. The van der Waals surface area contributed by atoms with Gasteiger partial charge >= 0.3 is 5.97 Å². The molecule has 2 rings (SSSR count). The van der Waals surface area contributed by atoms with Crippen LogP contribution in [-0.2, 0) is 21.2 Å². The van der Waals surface area contributed by atoms with Gasteiger partial charge in [-0.15, -0.1) is 0 Å². The first-order chi connectivity index (χ1) is 9.23. The molecular formula is C13H16ClNO4S. The van der Waals surface area contributed by atoms with Crippen LogP contribution >= 0.6 is 11.6 Å². The Kier molecular flexibility index (Phi) is 4.09. The van der Waals surface area contributed by atoms with Crippen LogP contribution in [-0.4, -0.2) is 36.4 Å². The SMILES string of the molecule is CC(C)CN1C(C(=O)O)Cc2cc(Cl)ccc2S1(=O)=O. The van der Waals surface area contributed by atoms with Gasteiger partial charge in [0.2, 0.25) is 10.0 Å². The average molecular weight is 318 g/mol. The molecule has 1 N–H and O–H groups in total. The molecule has 110 valence electrons. The lowest BCUT2D eigenvalue weighted by molar-refractivity contribution is -0.141. The van der Waals surface area contributed by atoms with Crippen LogP contribution in [0.1, 0.15) is 19.4 Å². The molecule has 0 saturated heterocycles. The second-order valence-corrected chi connectivity index (χ2v) is 7.57. The maximum atomic E-state index is 12.6. The van der Waals surface area contributed by atoms with Crippen LogP contribution in [0.2, 0.25) is 5.02 Å². The summed E-state index contributed by atoms with van der Waals surface area (Å²) in [6, 6.07) is 3.40. The lowest BCUT2D eigenvalue weighted by atomic mass is 10.0. The smallest absolute Gasteiger partial charge is 0.322 e. The quantitative estimate of drug-likeness (QED) is 0.925. The molecule has 0 amide bonds. The Bertz CT molecular complexity index is 642. The van der Waals surface area contributed by atoms with Crippen LogP contribution in [0.4, 0.5) is 0 Å². The van der Waals surface area contributed by atoms with Crippen LogP contribution in [0.15, 0.2) is 23.1 Å². The van der Waals surface area contributed by atoms with E-state index in [1.165, 1.54) is 18.2 Å². The Morgan fingerprint density at radius 3 is 2.70 bits per heavy atom. The van der Waals surface area contributed by atoms with E-state index in [4.69, 9.17) is 11.6 Å². The van der Waals surface area contributed by atoms with E-state index in [0.717, 1.165) is 4.31 Å². The van der Waals surface area contributed by atoms with Crippen molar-refractivity contribution in [3.05, 3.63) is 28.8 Å². The van der Waals surface area contributed by atoms with Crippen molar-refractivity contribution in [1.82, 2.24) is 4.31 Å². The average Bonchev–Trinajstić information content (AvgIpc) is 2.31. The fourth-order valence-electron chi connectivity index (χ4n) is 2.36. The predicted octanol–water partition coefficient (Wildman–Crippen LogP) is 2.00. The summed E-state index contributed by atoms with van der Waals surface area (Å²) in [7, 11) is -3.80. The van der Waals surface area contributed by atoms with E-state index in [1.54, 1.807) is 0 Å². The molecule has 1 aromatic carbocycles. The minimum atomic E-state index is -3.80. The Hall–Kier alpha value is -1.11. The van der Waals surface area contributed by atoms with Gasteiger partial charge < -0.3 is 5.11 Å². The molecule has 0 radical (unpaired) electrons. The van der Waals surface area contributed by atoms with E-state index in [-0.39, 0.29) is 23.8 Å². The number of carbonyl (C=O) groups is 1. The van der Waals surface area contributed by atoms with Crippen molar-refractivity contribution < 1.29 is 18.3 Å². The zero-order valence-electron chi connectivity index (χ0n) is 11.2. The van der Waals surface area contributed by atoms with Gasteiger partial charge in [-0.2, -0.15) is 4.31 Å². The van der Waals surface area contributed by atoms with Gasteiger partial charge in [-0.05, 0) is 29.7 Å². The van der Waals surface area contributed by atoms with Gasteiger partial charge in [0.1, 0.15) is 6.04 Å². The zero-order chi connectivity index (χ0) is 15.1. The van der Waals surface area contributed by atoms with E-state index in [0.29, 0.717) is 10.6 Å². The van der Waals surface area contributed by atoms with Crippen LogP contribution < -0.4 is 0 Å². The van der Waals surface area contributed by atoms with E-state index >= 15 is 0 Å². The van der Waals surface area contributed by atoms with Crippen LogP contribution in [0.3, 0.4) is 0 Å². The fraction of sp³-hybridized carbons (Fsp3) is 0.462. The summed E-state index contributed by atoms with van der Waals surface area (Å²) in [5, 5.41) is 9.71. The molecule has 0 saturated carbocycles. The van der Waals surface area contributed by atoms with Crippen molar-refractivity contribution in [3.63, 3.8) is 0 Å². The monoisotopic (exact) mass is 317 g/mol. The summed E-state index contributed by atoms with van der Waals surface area (Å²) in [6.45, 7) is 3.89. The number of hydrogen-bond donors (Lipinski definition) is 1. The third-order valence-electron chi connectivity index (χ3n) is 3.20. The van der Waals surface area contributed by atoms with E-state index in [2.05, 4.69) is 0 Å². The minimum absolute atomic E-state index is 0.0421. The molecule has 1 aliphatic rings. The molecule has 7 heteroatoms. The van der Waals surface area contributed by atoms with Gasteiger partial charge in [-0.25, -0.2) is 8.42 Å². The van der Waals surface area contributed by atoms with Gasteiger partial charge in [0.05, 0.1) is 4.90 Å². The molecule has 0 bridgehead atoms. The third-order valence-corrected chi connectivity index (χ3v) is 5.41. The minimum Gasteiger partial charge on any atom is -0.480 e. The van der Waals surface area contributed by atoms with Crippen molar-refractivity contribution in [3.8, 4) is 0 Å². The molecule has 1 heterocycles. The number of carboxylic acid groups (broad SMARTS) is 1. The first-order valence-corrected chi connectivity index (χ1v) is 8.08. The Balaban J connectivity index is 2.58. The van der Waals surface area contributed by atoms with E-state index in [9.17, 15) is 18.3 Å². The highest BCUT2D eigenvalue weighted by atomic mass is 35.5. The van der Waals surface area contributed by atoms with Crippen LogP contribution in [0.5, 0.6) is 0 Å². The summed E-state index contributed by atoms with van der Waals surface area (Å²) in [5.74, 6) is -1.10. The van der Waals surface area contributed by atoms with Gasteiger partial charge in [0, 0.05) is 18.0 Å². The third kappa shape index (κ3) is 2.68. The first kappa shape index (κ1) is 15.3. The van der Waals surface area contributed by atoms with Crippen molar-refractivity contribution >= 4 is 27.6 Å². The lowest BCUT2D eigenvalue weighted by Gasteiger charge is -2.34. The Labute approximate surface area is 123 Å². The predicted molar refractivity (Wildman–Crippen MR) is 75.3 cm³/mol. The molecular weight excluding hydrogens is 302 g/mol. The number of nitrogens with zero attached hydrogens (tertiary/aromatic N) is 1. The molecule has 1 atom stereocenters. The maximum absolute atomic E-state index is 12.6. The topological polar surface area (TPSA) is 74.7 Å². The highest BCUT2D eigenvalue weighted by molar-refractivity contribution is 7.89. The largest absolute Gasteiger partial charge is 0.480 e. The molecule has 20 heavy (non-hydrogen) atoms. The second kappa shape index (κ2) is 5.35. The summed E-state index contributed by atoms with van der Waals surface area (Å²) in [6.07, 6.45) is 0.136. The van der Waals surface area contributed by atoms with Crippen molar-refractivity contribution in [2.75, 3.05) is 6.54 Å². The molecule has 1 unspecified atom stereocenters. The number of hydrogen-bond acceptors (Lipinski definition) is 3. The first-order valence-electron chi connectivity index (χ1n) is 6.26. The fourth-order valence-corrected chi connectivity index (χ4v) is 4.51. The van der Waals surface area contributed by atoms with Crippen molar-refractivity contribution in [1.29, 1.82) is 0 Å². The summed E-state index contributed by atoms with van der Waals surface area (Å²) < 4.78 is 26.3. The summed E-state index contributed by atoms with van der Waals surface area (Å²) >= 11 is 5.86. The summed E-state index contributed by atoms with van der Waals surface area (Å²) in [5.41, 5.74) is 0.463. The van der Waals surface area contributed by atoms with E-state index < -0.39 is 22.0 Å². The molecule has 0 aliphatic carbocycles. The number of sulfonamides is 1. The number of carboxylic acids is 1. The molecule has 0 aromatic heterocycles. The standard InChI is InChI=1S/C13H16ClNO4S/c1-8(2)7-15-11(13(16)17)6-9-5-10(14)3-4-12(9)20(15,18)19/h3-5,8,11H,6-7H2,1-2H3,(H,16,17). The second-order valence-electron chi connectivity index (χ2n) is 5.28. The van der Waals surface area contributed by atoms with Gasteiger partial charge in [0.15, 0.2) is 0 Å². The van der Waals surface area contributed by atoms with Crippen molar-refractivity contribution in [2.24, 2.45) is 5.92 Å². The number of benzene rings is 1. The highest BCUT2D eigenvalue weighted by Crippen LogP contribution is 2.32. The normalized spacial score (nSPS) is 21.7. The number of aliphatic carboxylic acids is 1. The van der Waals surface area contributed by atoms with Gasteiger partial charge in [-0.3, -0.25) is 4.79 Å². The summed E-state index contributed by atoms with van der Waals surface area (Å²) in [4.78, 5) is 11.5. The highest BCUT2D eigenvalue weighted by Gasteiger charge is 2.42. The number of fused-ring (bicyclic) bond motifs is 1. The maximum Gasteiger partial charge on any atom is 0.322 e. The van der Waals surface area contributed by atoms with Crippen molar-refractivity contribution in [2.45, 2.75) is 31.2 Å². The Morgan fingerprint density at radius 1 is 1.50 bits per heavy atom. The lowest BCUT2D eigenvalue weighted by Crippen LogP contribution is -2.50. The number of halogens is 1. The van der Waals surface area contributed by atoms with Gasteiger partial charge in [-0.1, -0.05) is 25.4 Å². The van der Waals surface area contributed by atoms with Crippen LogP contribution in [0.25, 0.3) is 0 Å². The molecule has 0 spiro atoms. The molecule has 5 nitrogen and oxygen atoms in total. The molecule has 1 aliphatic heterocycles. The zero-order valence-corrected chi connectivity index (χ0v) is 12.8. The van der Waals surface area contributed by atoms with Crippen LogP contribution in [0, 0.1) is 5.92 Å².